The molecule has 0 aromatic heterocycles. The Kier molecular flexibility index (Phi) is 9.84. The first-order valence-corrected chi connectivity index (χ1v) is 17.0. The summed E-state index contributed by atoms with van der Waals surface area (Å²) in [7, 11) is -4.05. The number of rotatable bonds is 8. The van der Waals surface area contributed by atoms with Gasteiger partial charge in [-0.25, -0.2) is 0 Å². The third-order valence-corrected chi connectivity index (χ3v) is 15.7. The van der Waals surface area contributed by atoms with Gasteiger partial charge in [-0.05, 0) is 55.5 Å². The minimum atomic E-state index is -2.02. The maximum Gasteiger partial charge on any atom is 0.192 e. The second-order valence-corrected chi connectivity index (χ2v) is 21.2. The summed E-state index contributed by atoms with van der Waals surface area (Å²) in [5, 5.41) is 11.5. The Morgan fingerprint density at radius 1 is 0.900 bits per heavy atom. The summed E-state index contributed by atoms with van der Waals surface area (Å²) in [4.78, 5) is 0. The smallest absolute Gasteiger partial charge is 0.192 e. The van der Waals surface area contributed by atoms with Crippen LogP contribution in [0.2, 0.25) is 36.3 Å². The van der Waals surface area contributed by atoms with Crippen LogP contribution in [-0.4, -0.2) is 60.1 Å². The van der Waals surface area contributed by atoms with Gasteiger partial charge in [-0.2, -0.15) is 0 Å². The molecule has 30 heavy (non-hydrogen) atoms. The van der Waals surface area contributed by atoms with Crippen molar-refractivity contribution in [3.05, 3.63) is 0 Å². The van der Waals surface area contributed by atoms with E-state index in [1.54, 1.807) is 0 Å². The largest absolute Gasteiger partial charge is 0.413 e. The van der Waals surface area contributed by atoms with Gasteiger partial charge in [0.2, 0.25) is 0 Å². The number of hydrogen-bond acceptors (Lipinski definition) is 5. The minimum absolute atomic E-state index is 0.0586. The Hall–Kier alpha value is -0.206. The molecule has 1 aliphatic heterocycles. The molecule has 1 aliphatic rings. The molecule has 0 aromatic rings. The molecule has 0 aliphatic carbocycles. The Morgan fingerprint density at radius 2 is 1.40 bits per heavy atom. The van der Waals surface area contributed by atoms with Crippen LogP contribution in [0.4, 0.5) is 0 Å². The fourth-order valence-corrected chi connectivity index (χ4v) is 4.39. The highest BCUT2D eigenvalue weighted by molar-refractivity contribution is 6.74. The maximum atomic E-state index is 11.3. The molecule has 0 bridgehead atoms. The van der Waals surface area contributed by atoms with Crippen molar-refractivity contribution in [2.75, 3.05) is 26.4 Å². The lowest BCUT2D eigenvalue weighted by molar-refractivity contribution is -0.154. The molecule has 1 N–H and O–H groups in total. The van der Waals surface area contributed by atoms with E-state index in [4.69, 9.17) is 18.3 Å². The standard InChI is InChI=1S/C23H46O5Si2/c1-21(2,3)29(7,8)27-18-23(24,19-28-30(9,10)22(4,5)6)15-13-17-26-20-14-11-12-16-25-20/h20,24H,11-12,14,16-19H2,1-10H3. The molecule has 1 rings (SSSR count). The number of hydrogen-bond donors (Lipinski definition) is 1. The predicted molar refractivity (Wildman–Crippen MR) is 129 cm³/mol. The summed E-state index contributed by atoms with van der Waals surface area (Å²) in [5.41, 5.74) is -1.36. The van der Waals surface area contributed by atoms with Crippen molar-refractivity contribution in [3.8, 4) is 11.8 Å². The summed E-state index contributed by atoms with van der Waals surface area (Å²) in [6.07, 6.45) is 2.91. The van der Waals surface area contributed by atoms with Gasteiger partial charge in [0.25, 0.3) is 0 Å². The zero-order valence-electron chi connectivity index (χ0n) is 21.1. The van der Waals surface area contributed by atoms with Crippen LogP contribution < -0.4 is 0 Å². The van der Waals surface area contributed by atoms with Gasteiger partial charge in [0.05, 0.1) is 13.2 Å². The fourth-order valence-electron chi connectivity index (χ4n) is 2.32. The molecule has 5 nitrogen and oxygen atoms in total. The molecule has 0 radical (unpaired) electrons. The average Bonchev–Trinajstić information content (AvgIpc) is 2.61. The summed E-state index contributed by atoms with van der Waals surface area (Å²) >= 11 is 0. The van der Waals surface area contributed by atoms with Crippen LogP contribution in [0.3, 0.4) is 0 Å². The van der Waals surface area contributed by atoms with Crippen molar-refractivity contribution >= 4 is 16.6 Å². The highest BCUT2D eigenvalue weighted by Crippen LogP contribution is 2.38. The molecule has 0 saturated carbocycles. The van der Waals surface area contributed by atoms with E-state index >= 15 is 0 Å². The van der Waals surface area contributed by atoms with E-state index in [9.17, 15) is 5.11 Å². The van der Waals surface area contributed by atoms with E-state index < -0.39 is 22.2 Å². The Balaban J connectivity index is 2.85. The lowest BCUT2D eigenvalue weighted by atomic mass is 10.1. The molecule has 0 amide bonds. The quantitative estimate of drug-likeness (QED) is 0.395. The van der Waals surface area contributed by atoms with E-state index in [1.807, 2.05) is 0 Å². The number of aliphatic hydroxyl groups is 1. The molecule has 0 aromatic carbocycles. The maximum absolute atomic E-state index is 11.3. The number of ether oxygens (including phenoxy) is 2. The second-order valence-electron chi connectivity index (χ2n) is 11.5. The van der Waals surface area contributed by atoms with Crippen molar-refractivity contribution in [3.63, 3.8) is 0 Å². The summed E-state index contributed by atoms with van der Waals surface area (Å²) in [5.74, 6) is 6.00. The molecule has 0 spiro atoms. The lowest BCUT2D eigenvalue weighted by Gasteiger charge is -2.40. The van der Waals surface area contributed by atoms with Gasteiger partial charge in [-0.15, -0.1) is 0 Å². The zero-order valence-corrected chi connectivity index (χ0v) is 23.1. The molecule has 1 atom stereocenters. The first kappa shape index (κ1) is 27.8. The van der Waals surface area contributed by atoms with Crippen LogP contribution in [0.5, 0.6) is 0 Å². The summed E-state index contributed by atoms with van der Waals surface area (Å²) in [6.45, 7) is 23.1. The van der Waals surface area contributed by atoms with E-state index in [2.05, 4.69) is 79.6 Å². The van der Waals surface area contributed by atoms with Crippen molar-refractivity contribution in [1.29, 1.82) is 0 Å². The zero-order chi connectivity index (χ0) is 23.3. The fraction of sp³-hybridized carbons (Fsp3) is 0.913. The Labute approximate surface area is 187 Å². The lowest BCUT2D eigenvalue weighted by Crippen LogP contribution is -2.50. The minimum Gasteiger partial charge on any atom is -0.413 e. The third kappa shape index (κ3) is 8.74. The first-order chi connectivity index (χ1) is 13.5. The predicted octanol–water partition coefficient (Wildman–Crippen LogP) is 5.31. The molecule has 1 unspecified atom stereocenters. The Bertz CT molecular complexity index is 557. The Morgan fingerprint density at radius 3 is 1.80 bits per heavy atom. The second kappa shape index (κ2) is 10.6. The molecule has 1 fully saturated rings. The van der Waals surface area contributed by atoms with Crippen molar-refractivity contribution < 1.29 is 23.4 Å². The molecule has 1 saturated heterocycles. The van der Waals surface area contributed by atoms with Crippen molar-refractivity contribution in [2.24, 2.45) is 0 Å². The molecular formula is C23H46O5Si2. The van der Waals surface area contributed by atoms with Gasteiger partial charge < -0.3 is 23.4 Å². The SMILES string of the molecule is CC(C)(C)[Si](C)(C)OCC(O)(C#CCOC1CCCCO1)CO[Si](C)(C)C(C)(C)C. The van der Waals surface area contributed by atoms with Crippen LogP contribution in [0.15, 0.2) is 0 Å². The van der Waals surface area contributed by atoms with Crippen LogP contribution in [0, 0.1) is 11.8 Å². The van der Waals surface area contributed by atoms with Gasteiger partial charge in [0.15, 0.2) is 28.5 Å². The summed E-state index contributed by atoms with van der Waals surface area (Å²) in [6, 6.07) is 0. The van der Waals surface area contributed by atoms with E-state index in [-0.39, 0.29) is 36.2 Å². The summed E-state index contributed by atoms with van der Waals surface area (Å²) < 4.78 is 23.9. The monoisotopic (exact) mass is 458 g/mol. The van der Waals surface area contributed by atoms with Crippen LogP contribution in [0.25, 0.3) is 0 Å². The van der Waals surface area contributed by atoms with Crippen LogP contribution in [0.1, 0.15) is 60.8 Å². The van der Waals surface area contributed by atoms with Crippen molar-refractivity contribution in [1.82, 2.24) is 0 Å². The molecule has 176 valence electrons. The van der Waals surface area contributed by atoms with Gasteiger partial charge in [-0.3, -0.25) is 0 Å². The molecule has 1 heterocycles. The first-order valence-electron chi connectivity index (χ1n) is 11.2. The van der Waals surface area contributed by atoms with E-state index in [1.165, 1.54) is 0 Å². The van der Waals surface area contributed by atoms with Crippen LogP contribution in [-0.2, 0) is 18.3 Å². The molecule has 7 heteroatoms. The van der Waals surface area contributed by atoms with Crippen molar-refractivity contribution in [2.45, 2.75) is 109 Å². The van der Waals surface area contributed by atoms with Gasteiger partial charge in [0.1, 0.15) is 6.61 Å². The molecular weight excluding hydrogens is 412 g/mol. The highest BCUT2D eigenvalue weighted by Gasteiger charge is 2.42. The van der Waals surface area contributed by atoms with E-state index in [0.29, 0.717) is 0 Å². The average molecular weight is 459 g/mol. The van der Waals surface area contributed by atoms with Gasteiger partial charge >= 0.3 is 0 Å². The topological polar surface area (TPSA) is 57.2 Å². The third-order valence-electron chi connectivity index (χ3n) is 6.76. The van der Waals surface area contributed by atoms with Gasteiger partial charge in [0, 0.05) is 6.61 Å². The van der Waals surface area contributed by atoms with Crippen LogP contribution >= 0.6 is 0 Å². The highest BCUT2D eigenvalue weighted by atomic mass is 28.4. The van der Waals surface area contributed by atoms with E-state index in [0.717, 1.165) is 25.9 Å². The van der Waals surface area contributed by atoms with Gasteiger partial charge in [-0.1, -0.05) is 53.4 Å². The normalized spacial score (nSPS) is 19.4.